The zero-order valence-corrected chi connectivity index (χ0v) is 19.5. The zero-order valence-electron chi connectivity index (χ0n) is 19.5. The standard InChI is InChI=1S/C25H25F5N2O4/c1-2-35-24(34)19(23(33)17-12-20(26)22(27)21(13-17)36-25(28,29)30)14-31-18-8-6-7-16(11-18)15-32-9-4-3-5-10-32/h6-8,11-14,31H,2-5,9-10,15H2,1H3. The lowest BCUT2D eigenvalue weighted by molar-refractivity contribution is -0.275. The van der Waals surface area contributed by atoms with E-state index in [1.807, 2.05) is 12.1 Å². The molecule has 1 heterocycles. The number of nitrogens with zero attached hydrogens (tertiary/aromatic N) is 1. The van der Waals surface area contributed by atoms with Gasteiger partial charge in [-0.15, -0.1) is 13.2 Å². The van der Waals surface area contributed by atoms with E-state index in [1.54, 1.807) is 12.1 Å². The van der Waals surface area contributed by atoms with E-state index < -0.39 is 46.6 Å². The summed E-state index contributed by atoms with van der Waals surface area (Å²) >= 11 is 0. The maximum absolute atomic E-state index is 13.9. The van der Waals surface area contributed by atoms with Crippen molar-refractivity contribution in [2.45, 2.75) is 39.1 Å². The van der Waals surface area contributed by atoms with E-state index in [4.69, 9.17) is 4.74 Å². The van der Waals surface area contributed by atoms with Crippen LogP contribution >= 0.6 is 0 Å². The molecular weight excluding hydrogens is 487 g/mol. The van der Waals surface area contributed by atoms with Crippen molar-refractivity contribution in [2.75, 3.05) is 25.0 Å². The van der Waals surface area contributed by atoms with Gasteiger partial charge in [-0.1, -0.05) is 18.6 Å². The van der Waals surface area contributed by atoms with E-state index in [2.05, 4.69) is 15.0 Å². The molecule has 0 atom stereocenters. The van der Waals surface area contributed by atoms with E-state index in [0.29, 0.717) is 17.8 Å². The minimum Gasteiger partial charge on any atom is -0.462 e. The maximum Gasteiger partial charge on any atom is 0.573 e. The number of hydrogen-bond acceptors (Lipinski definition) is 6. The molecule has 2 aromatic carbocycles. The molecule has 36 heavy (non-hydrogen) atoms. The number of carbonyl (C=O) groups is 2. The average Bonchev–Trinajstić information content (AvgIpc) is 2.82. The fourth-order valence-corrected chi connectivity index (χ4v) is 3.77. The SMILES string of the molecule is CCOC(=O)C(=CNc1cccc(CN2CCCCC2)c1)C(=O)c1cc(F)c(F)c(OC(F)(F)F)c1. The monoisotopic (exact) mass is 512 g/mol. The van der Waals surface area contributed by atoms with Crippen molar-refractivity contribution in [3.05, 3.63) is 70.9 Å². The van der Waals surface area contributed by atoms with Gasteiger partial charge < -0.3 is 14.8 Å². The number of ether oxygens (including phenoxy) is 2. The highest BCUT2D eigenvalue weighted by Gasteiger charge is 2.34. The Hall–Kier alpha value is -3.47. The molecule has 0 aromatic heterocycles. The molecule has 1 N–H and O–H groups in total. The second-order valence-corrected chi connectivity index (χ2v) is 8.11. The molecule has 0 amide bonds. The molecule has 2 aromatic rings. The van der Waals surface area contributed by atoms with Crippen molar-refractivity contribution in [2.24, 2.45) is 0 Å². The van der Waals surface area contributed by atoms with Crippen LogP contribution in [-0.4, -0.2) is 42.7 Å². The number of carbonyl (C=O) groups excluding carboxylic acids is 2. The van der Waals surface area contributed by atoms with E-state index in [1.165, 1.54) is 13.3 Å². The van der Waals surface area contributed by atoms with Crippen molar-refractivity contribution in [3.63, 3.8) is 0 Å². The van der Waals surface area contributed by atoms with E-state index >= 15 is 0 Å². The predicted molar refractivity (Wildman–Crippen MR) is 121 cm³/mol. The van der Waals surface area contributed by atoms with Gasteiger partial charge in [-0.3, -0.25) is 9.69 Å². The highest BCUT2D eigenvalue weighted by molar-refractivity contribution is 6.24. The molecule has 0 radical (unpaired) electrons. The third-order valence-electron chi connectivity index (χ3n) is 5.39. The summed E-state index contributed by atoms with van der Waals surface area (Å²) in [5.41, 5.74) is 0.176. The normalized spacial score (nSPS) is 14.9. The molecule has 0 aliphatic carbocycles. The number of ketones is 1. The average molecular weight is 512 g/mol. The second-order valence-electron chi connectivity index (χ2n) is 8.11. The quantitative estimate of drug-likeness (QED) is 0.118. The van der Waals surface area contributed by atoms with Crippen LogP contribution in [0.3, 0.4) is 0 Å². The number of benzene rings is 2. The summed E-state index contributed by atoms with van der Waals surface area (Å²) in [6.07, 6.45) is -0.840. The highest BCUT2D eigenvalue weighted by Crippen LogP contribution is 2.29. The second kappa shape index (κ2) is 12.0. The number of rotatable bonds is 9. The lowest BCUT2D eigenvalue weighted by Gasteiger charge is -2.26. The number of anilines is 1. The number of hydrogen-bond donors (Lipinski definition) is 1. The smallest absolute Gasteiger partial charge is 0.462 e. The molecule has 6 nitrogen and oxygen atoms in total. The summed E-state index contributed by atoms with van der Waals surface area (Å²) in [5.74, 6) is -7.48. The Morgan fingerprint density at radius 2 is 1.81 bits per heavy atom. The van der Waals surface area contributed by atoms with Gasteiger partial charge >= 0.3 is 12.3 Å². The van der Waals surface area contributed by atoms with Crippen LogP contribution in [0.25, 0.3) is 0 Å². The van der Waals surface area contributed by atoms with Crippen molar-refractivity contribution < 1.29 is 41.0 Å². The summed E-state index contributed by atoms with van der Waals surface area (Å²) in [6, 6.07) is 8.00. The zero-order chi connectivity index (χ0) is 26.3. The van der Waals surface area contributed by atoms with Crippen molar-refractivity contribution in [3.8, 4) is 5.75 Å². The third-order valence-corrected chi connectivity index (χ3v) is 5.39. The van der Waals surface area contributed by atoms with Gasteiger partial charge in [0.15, 0.2) is 11.6 Å². The molecule has 0 saturated carbocycles. The fourth-order valence-electron chi connectivity index (χ4n) is 3.77. The van der Waals surface area contributed by atoms with Crippen molar-refractivity contribution >= 4 is 17.4 Å². The molecule has 0 bridgehead atoms. The van der Waals surface area contributed by atoms with Gasteiger partial charge in [0.25, 0.3) is 0 Å². The molecule has 0 unspecified atom stereocenters. The predicted octanol–water partition coefficient (Wildman–Crippen LogP) is 5.59. The van der Waals surface area contributed by atoms with Crippen LogP contribution in [0.2, 0.25) is 0 Å². The Balaban J connectivity index is 1.86. The highest BCUT2D eigenvalue weighted by atomic mass is 19.4. The van der Waals surface area contributed by atoms with Gasteiger partial charge in [-0.25, -0.2) is 9.18 Å². The first kappa shape index (κ1) is 27.1. The Kier molecular flexibility index (Phi) is 9.03. The van der Waals surface area contributed by atoms with Crippen molar-refractivity contribution in [1.82, 2.24) is 4.90 Å². The number of alkyl halides is 3. The molecule has 194 valence electrons. The fraction of sp³-hybridized carbons (Fsp3) is 0.360. The van der Waals surface area contributed by atoms with E-state index in [0.717, 1.165) is 44.2 Å². The van der Waals surface area contributed by atoms with Crippen LogP contribution < -0.4 is 10.1 Å². The summed E-state index contributed by atoms with van der Waals surface area (Å²) in [7, 11) is 0. The first-order valence-electron chi connectivity index (χ1n) is 11.3. The molecule has 0 spiro atoms. The molecule has 1 fully saturated rings. The van der Waals surface area contributed by atoms with Gasteiger partial charge in [0.2, 0.25) is 11.6 Å². The van der Waals surface area contributed by atoms with Crippen LogP contribution in [0.5, 0.6) is 5.75 Å². The minimum absolute atomic E-state index is 0.102. The maximum atomic E-state index is 13.9. The summed E-state index contributed by atoms with van der Waals surface area (Å²) in [5, 5.41) is 2.81. The van der Waals surface area contributed by atoms with Gasteiger partial charge in [0.05, 0.1) is 6.61 Å². The summed E-state index contributed by atoms with van der Waals surface area (Å²) in [6.45, 7) is 4.10. The number of piperidine rings is 1. The Labute approximate surface area is 204 Å². The van der Waals surface area contributed by atoms with Gasteiger partial charge in [0, 0.05) is 24.0 Å². The van der Waals surface area contributed by atoms with Crippen LogP contribution in [0.1, 0.15) is 42.1 Å². The van der Waals surface area contributed by atoms with Crippen molar-refractivity contribution in [1.29, 1.82) is 0 Å². The summed E-state index contributed by atoms with van der Waals surface area (Å²) < 4.78 is 73.8. The number of Topliss-reactive ketones (excluding diaryl/α,β-unsaturated/α-hetero) is 1. The van der Waals surface area contributed by atoms with Crippen LogP contribution in [0, 0.1) is 11.6 Å². The molecule has 11 heteroatoms. The molecule has 3 rings (SSSR count). The van der Waals surface area contributed by atoms with E-state index in [-0.39, 0.29) is 6.61 Å². The van der Waals surface area contributed by atoms with Crippen LogP contribution in [-0.2, 0) is 16.1 Å². The van der Waals surface area contributed by atoms with Gasteiger partial charge in [-0.05, 0) is 62.7 Å². The lowest BCUT2D eigenvalue weighted by atomic mass is 10.0. The minimum atomic E-state index is -5.32. The largest absolute Gasteiger partial charge is 0.573 e. The first-order chi connectivity index (χ1) is 17.1. The molecule has 1 aliphatic heterocycles. The number of halogens is 5. The van der Waals surface area contributed by atoms with E-state index in [9.17, 15) is 31.5 Å². The summed E-state index contributed by atoms with van der Waals surface area (Å²) in [4.78, 5) is 27.7. The number of nitrogens with one attached hydrogen (secondary N) is 1. The Morgan fingerprint density at radius 3 is 2.47 bits per heavy atom. The Bertz CT molecular complexity index is 1130. The topological polar surface area (TPSA) is 67.9 Å². The van der Waals surface area contributed by atoms with Crippen LogP contribution in [0.15, 0.2) is 48.2 Å². The van der Waals surface area contributed by atoms with Crippen LogP contribution in [0.4, 0.5) is 27.6 Å². The van der Waals surface area contributed by atoms with Gasteiger partial charge in [-0.2, -0.15) is 4.39 Å². The lowest BCUT2D eigenvalue weighted by Crippen LogP contribution is -2.29. The molecule has 1 aliphatic rings. The van der Waals surface area contributed by atoms with Gasteiger partial charge in [0.1, 0.15) is 5.57 Å². The number of likely N-dealkylation sites (tertiary alicyclic amines) is 1. The molecule has 1 saturated heterocycles. The first-order valence-corrected chi connectivity index (χ1v) is 11.3. The Morgan fingerprint density at radius 1 is 1.08 bits per heavy atom. The third kappa shape index (κ3) is 7.51. The molecular formula is C25H25F5N2O4. The number of esters is 1.